The Morgan fingerprint density at radius 1 is 1.05 bits per heavy atom. The number of hydrogen-bond acceptors (Lipinski definition) is 3. The molecule has 0 spiro atoms. The molecule has 0 saturated carbocycles. The Balaban J connectivity index is 2.52. The van der Waals surface area contributed by atoms with Gasteiger partial charge in [-0.05, 0) is 0 Å². The van der Waals surface area contributed by atoms with Crippen molar-refractivity contribution in [2.24, 2.45) is 0 Å². The van der Waals surface area contributed by atoms with E-state index >= 15 is 0 Å². The maximum atomic E-state index is 11.4. The molecule has 2 aromatic carbocycles. The molecule has 7 heteroatoms. The normalized spacial score (nSPS) is 11.8. The van der Waals surface area contributed by atoms with Crippen molar-refractivity contribution in [1.29, 1.82) is 0 Å². The van der Waals surface area contributed by atoms with Gasteiger partial charge in [0.15, 0.2) is 0 Å². The first-order valence-electron chi connectivity index (χ1n) is 6.37. The van der Waals surface area contributed by atoms with E-state index in [-0.39, 0.29) is 11.1 Å². The van der Waals surface area contributed by atoms with Gasteiger partial charge in [-0.1, -0.05) is 0 Å². The van der Waals surface area contributed by atoms with Crippen LogP contribution in [0.3, 0.4) is 0 Å². The van der Waals surface area contributed by atoms with E-state index in [1.165, 1.54) is 12.1 Å². The first kappa shape index (κ1) is 16.9. The van der Waals surface area contributed by atoms with Gasteiger partial charge in [0.2, 0.25) is 0 Å². The summed E-state index contributed by atoms with van der Waals surface area (Å²) in [6.07, 6.45) is 3.29. The van der Waals surface area contributed by atoms with Crippen molar-refractivity contribution in [3.05, 3.63) is 59.2 Å². The SMILES string of the molecule is O=C(O)c1ccc(C=Cc2cccc[c]2[Na])c(S(=O)(=O)O)c1. The average molecular weight is 326 g/mol. The summed E-state index contributed by atoms with van der Waals surface area (Å²) in [5.41, 5.74) is 0.989. The molecule has 0 aliphatic rings. The van der Waals surface area contributed by atoms with Gasteiger partial charge in [0, 0.05) is 0 Å². The number of benzene rings is 2. The topological polar surface area (TPSA) is 91.7 Å². The molecule has 0 bridgehead atoms. The van der Waals surface area contributed by atoms with Crippen molar-refractivity contribution < 1.29 is 22.9 Å². The summed E-state index contributed by atoms with van der Waals surface area (Å²) in [5, 5.41) is 8.92. The molecular formula is C15H11NaO5S. The molecule has 0 radical (unpaired) electrons. The van der Waals surface area contributed by atoms with Crippen molar-refractivity contribution in [2.45, 2.75) is 4.90 Å². The minimum absolute atomic E-state index is 0.201. The molecule has 22 heavy (non-hydrogen) atoms. The summed E-state index contributed by atoms with van der Waals surface area (Å²) in [6.45, 7) is 0. The monoisotopic (exact) mass is 326 g/mol. The molecule has 2 aromatic rings. The zero-order chi connectivity index (χ0) is 16.3. The summed E-state index contributed by atoms with van der Waals surface area (Å²) < 4.78 is 33.3. The van der Waals surface area contributed by atoms with Gasteiger partial charge in [-0.15, -0.1) is 0 Å². The van der Waals surface area contributed by atoms with E-state index in [4.69, 9.17) is 5.11 Å². The van der Waals surface area contributed by atoms with Crippen molar-refractivity contribution in [3.8, 4) is 0 Å². The second-order valence-corrected chi connectivity index (χ2v) is 7.19. The zero-order valence-electron chi connectivity index (χ0n) is 11.7. The fraction of sp³-hybridized carbons (Fsp3) is 0. The van der Waals surface area contributed by atoms with Crippen LogP contribution in [0.2, 0.25) is 0 Å². The molecule has 0 amide bonds. The quantitative estimate of drug-likeness (QED) is 0.506. The third-order valence-corrected chi connectivity index (χ3v) is 4.99. The summed E-state index contributed by atoms with van der Waals surface area (Å²) in [6, 6.07) is 11.3. The number of aromatic carboxylic acids is 1. The first-order chi connectivity index (χ1) is 10.3. The maximum absolute atomic E-state index is 11.4. The number of hydrogen-bond donors (Lipinski definition) is 2. The number of carboxylic acids is 1. The van der Waals surface area contributed by atoms with Crippen LogP contribution in [0.1, 0.15) is 21.5 Å². The molecule has 0 atom stereocenters. The van der Waals surface area contributed by atoms with E-state index in [9.17, 15) is 17.8 Å². The molecular weight excluding hydrogens is 315 g/mol. The van der Waals surface area contributed by atoms with Gasteiger partial charge >= 0.3 is 146 Å². The molecule has 108 valence electrons. The van der Waals surface area contributed by atoms with Crippen molar-refractivity contribution in [1.82, 2.24) is 0 Å². The Morgan fingerprint density at radius 3 is 2.27 bits per heavy atom. The van der Waals surface area contributed by atoms with Gasteiger partial charge in [-0.2, -0.15) is 0 Å². The predicted molar refractivity (Wildman–Crippen MR) is 84.0 cm³/mol. The molecule has 0 aromatic heterocycles. The molecule has 2 rings (SSSR count). The van der Waals surface area contributed by atoms with E-state index < -0.39 is 21.0 Å². The zero-order valence-corrected chi connectivity index (χ0v) is 14.5. The van der Waals surface area contributed by atoms with Gasteiger partial charge in [0.25, 0.3) is 0 Å². The van der Waals surface area contributed by atoms with Gasteiger partial charge in [-0.3, -0.25) is 0 Å². The second kappa shape index (κ2) is 6.76. The third kappa shape index (κ3) is 4.06. The Morgan fingerprint density at radius 2 is 1.68 bits per heavy atom. The van der Waals surface area contributed by atoms with Gasteiger partial charge in [0.05, 0.1) is 0 Å². The van der Waals surface area contributed by atoms with Gasteiger partial charge in [-0.25, -0.2) is 0 Å². The van der Waals surface area contributed by atoms with E-state index in [2.05, 4.69) is 0 Å². The molecule has 0 saturated heterocycles. The van der Waals surface area contributed by atoms with E-state index in [1.54, 1.807) is 12.2 Å². The van der Waals surface area contributed by atoms with Crippen molar-refractivity contribution in [2.75, 3.05) is 0 Å². The average Bonchev–Trinajstić information content (AvgIpc) is 2.45. The van der Waals surface area contributed by atoms with Crippen LogP contribution in [0.15, 0.2) is 47.4 Å². The summed E-state index contributed by atoms with van der Waals surface area (Å²) in [7, 11) is -4.51. The molecule has 0 fully saturated rings. The second-order valence-electron chi connectivity index (χ2n) is 4.72. The van der Waals surface area contributed by atoms with Gasteiger partial charge < -0.3 is 0 Å². The summed E-state index contributed by atoms with van der Waals surface area (Å²) in [5.74, 6) is -1.26. The van der Waals surface area contributed by atoms with Crippen LogP contribution in [-0.4, -0.2) is 52.0 Å². The Labute approximate surface area is 145 Å². The van der Waals surface area contributed by atoms with Crippen molar-refractivity contribution >= 4 is 59.0 Å². The Kier molecular flexibility index (Phi) is 5.20. The number of carboxylic acid groups (broad SMARTS) is 1. The summed E-state index contributed by atoms with van der Waals surface area (Å²) >= 11 is 0.841. The standard InChI is InChI=1S/C15H11O5S.Na/c16-15(17)13-9-8-12(14(10-13)21(18,19)20)7-6-11-4-2-1-3-5-11;/h1-4,6-10H,(H,16,17)(H,18,19,20);. The number of carbonyl (C=O) groups is 1. The first-order valence-corrected chi connectivity index (χ1v) is 8.81. The van der Waals surface area contributed by atoms with Crippen LogP contribution in [0, 0.1) is 0 Å². The van der Waals surface area contributed by atoms with E-state index in [0.717, 1.165) is 42.4 Å². The minimum atomic E-state index is -4.51. The Hall–Kier alpha value is -1.44. The number of rotatable bonds is 4. The van der Waals surface area contributed by atoms with E-state index in [0.29, 0.717) is 0 Å². The molecule has 0 aliphatic heterocycles. The van der Waals surface area contributed by atoms with Crippen LogP contribution in [0.5, 0.6) is 0 Å². The Bertz CT molecular complexity index is 856. The summed E-state index contributed by atoms with van der Waals surface area (Å²) in [4.78, 5) is 10.5. The van der Waals surface area contributed by atoms with Crippen LogP contribution in [0.4, 0.5) is 0 Å². The van der Waals surface area contributed by atoms with Gasteiger partial charge in [0.1, 0.15) is 0 Å². The van der Waals surface area contributed by atoms with Crippen LogP contribution in [0.25, 0.3) is 12.2 Å². The fourth-order valence-electron chi connectivity index (χ4n) is 1.98. The van der Waals surface area contributed by atoms with Crippen LogP contribution in [-0.2, 0) is 10.1 Å². The fourth-order valence-corrected chi connectivity index (χ4v) is 3.22. The van der Waals surface area contributed by atoms with Crippen LogP contribution >= 0.6 is 0 Å². The van der Waals surface area contributed by atoms with Crippen molar-refractivity contribution in [3.63, 3.8) is 0 Å². The predicted octanol–water partition coefficient (Wildman–Crippen LogP) is 1.60. The van der Waals surface area contributed by atoms with Crippen LogP contribution < -0.4 is 2.81 Å². The molecule has 0 aliphatic carbocycles. The molecule has 0 heterocycles. The van der Waals surface area contributed by atoms with E-state index in [1.807, 2.05) is 24.3 Å². The molecule has 0 unspecified atom stereocenters. The third-order valence-electron chi connectivity index (χ3n) is 3.17. The molecule has 2 N–H and O–H groups in total. The molecule has 5 nitrogen and oxygen atoms in total.